The third-order valence-electron chi connectivity index (χ3n) is 2.89. The lowest BCUT2D eigenvalue weighted by atomic mass is 10.1. The second-order valence-electron chi connectivity index (χ2n) is 3.90. The first kappa shape index (κ1) is 14.5. The number of benzene rings is 1. The number of likely N-dealkylation sites (N-methyl/N-ethyl adjacent to an activating group) is 1. The minimum Gasteiger partial charge on any atom is -0.368 e. The van der Waals surface area contributed by atoms with Crippen LogP contribution in [0.1, 0.15) is 30.6 Å². The molecule has 0 aliphatic carbocycles. The van der Waals surface area contributed by atoms with Crippen LogP contribution in [0.4, 0.5) is 5.69 Å². The summed E-state index contributed by atoms with van der Waals surface area (Å²) < 4.78 is 0. The zero-order valence-corrected chi connectivity index (χ0v) is 11.3. The van der Waals surface area contributed by atoms with E-state index in [0.29, 0.717) is 35.5 Å². The number of carbonyl (C=O) groups is 2. The number of anilines is 1. The van der Waals surface area contributed by atoms with Crippen LogP contribution < -0.4 is 10.6 Å². The first-order chi connectivity index (χ1) is 8.56. The van der Waals surface area contributed by atoms with Crippen molar-refractivity contribution in [2.24, 2.45) is 5.73 Å². The summed E-state index contributed by atoms with van der Waals surface area (Å²) in [5, 5.41) is 0.375. The fraction of sp³-hybridized carbons (Fsp3) is 0.385. The van der Waals surface area contributed by atoms with E-state index in [1.165, 1.54) is 0 Å². The van der Waals surface area contributed by atoms with Gasteiger partial charge in [0.05, 0.1) is 10.6 Å². The summed E-state index contributed by atoms with van der Waals surface area (Å²) in [5.74, 6) is -0.406. The molecule has 0 aliphatic rings. The van der Waals surface area contributed by atoms with Crippen molar-refractivity contribution in [2.75, 3.05) is 11.4 Å². The number of nitrogens with two attached hydrogens (primary N) is 1. The molecule has 1 rings (SSSR count). The minimum atomic E-state index is -0.438. The molecule has 5 heteroatoms. The Morgan fingerprint density at radius 1 is 1.50 bits per heavy atom. The second-order valence-corrected chi connectivity index (χ2v) is 4.31. The van der Waals surface area contributed by atoms with Gasteiger partial charge in [-0.3, -0.25) is 9.59 Å². The molecule has 4 nitrogen and oxygen atoms in total. The molecule has 0 saturated carbocycles. The fourth-order valence-electron chi connectivity index (χ4n) is 2.03. The molecular weight excluding hydrogens is 252 g/mol. The van der Waals surface area contributed by atoms with Crippen LogP contribution in [0.25, 0.3) is 0 Å². The number of rotatable bonds is 6. The van der Waals surface area contributed by atoms with Gasteiger partial charge in [0.15, 0.2) is 6.29 Å². The third-order valence-corrected chi connectivity index (χ3v) is 3.22. The van der Waals surface area contributed by atoms with Gasteiger partial charge in [-0.2, -0.15) is 0 Å². The number of aldehydes is 1. The van der Waals surface area contributed by atoms with Gasteiger partial charge in [0, 0.05) is 12.2 Å². The van der Waals surface area contributed by atoms with Crippen LogP contribution in [0.2, 0.25) is 5.02 Å². The van der Waals surface area contributed by atoms with Gasteiger partial charge in [-0.25, -0.2) is 0 Å². The number of carbonyl (C=O) groups excluding carboxylic acids is 2. The standard InChI is InChI=1S/C13H17ClN2O2/c1-3-11(13(15)18)16(4-2)12-7-5-6-10(14)9(12)8-17/h5-8,11H,3-4H2,1-2H3,(H2,15,18). The van der Waals surface area contributed by atoms with Crippen LogP contribution in [-0.4, -0.2) is 24.8 Å². The van der Waals surface area contributed by atoms with Crippen molar-refractivity contribution in [3.8, 4) is 0 Å². The van der Waals surface area contributed by atoms with E-state index in [2.05, 4.69) is 0 Å². The van der Waals surface area contributed by atoms with Gasteiger partial charge < -0.3 is 10.6 Å². The maximum Gasteiger partial charge on any atom is 0.240 e. The van der Waals surface area contributed by atoms with Crippen LogP contribution in [0.5, 0.6) is 0 Å². The molecule has 0 bridgehead atoms. The quantitative estimate of drug-likeness (QED) is 0.805. The summed E-state index contributed by atoms with van der Waals surface area (Å²) in [6.45, 7) is 4.35. The zero-order valence-electron chi connectivity index (χ0n) is 10.5. The summed E-state index contributed by atoms with van der Waals surface area (Å²) >= 11 is 5.98. The highest BCUT2D eigenvalue weighted by Gasteiger charge is 2.23. The maximum atomic E-state index is 11.4. The fourth-order valence-corrected chi connectivity index (χ4v) is 2.24. The van der Waals surface area contributed by atoms with Gasteiger partial charge in [-0.05, 0) is 25.5 Å². The Balaban J connectivity index is 3.28. The van der Waals surface area contributed by atoms with E-state index in [1.807, 2.05) is 13.8 Å². The van der Waals surface area contributed by atoms with Gasteiger partial charge >= 0.3 is 0 Å². The van der Waals surface area contributed by atoms with E-state index < -0.39 is 11.9 Å². The largest absolute Gasteiger partial charge is 0.368 e. The molecule has 2 N–H and O–H groups in total. The lowest BCUT2D eigenvalue weighted by Gasteiger charge is -2.31. The van der Waals surface area contributed by atoms with E-state index >= 15 is 0 Å². The molecule has 0 radical (unpaired) electrons. The van der Waals surface area contributed by atoms with Gasteiger partial charge in [-0.15, -0.1) is 0 Å². The van der Waals surface area contributed by atoms with E-state index in [1.54, 1.807) is 23.1 Å². The molecule has 1 unspecified atom stereocenters. The van der Waals surface area contributed by atoms with Crippen molar-refractivity contribution in [1.82, 2.24) is 0 Å². The Kier molecular flexibility index (Phi) is 5.16. The van der Waals surface area contributed by atoms with Gasteiger partial charge in [0.1, 0.15) is 6.04 Å². The Hall–Kier alpha value is -1.55. The highest BCUT2D eigenvalue weighted by molar-refractivity contribution is 6.33. The van der Waals surface area contributed by atoms with E-state index in [9.17, 15) is 9.59 Å². The summed E-state index contributed by atoms with van der Waals surface area (Å²) in [4.78, 5) is 24.4. The first-order valence-electron chi connectivity index (χ1n) is 5.86. The van der Waals surface area contributed by atoms with Crippen molar-refractivity contribution in [1.29, 1.82) is 0 Å². The van der Waals surface area contributed by atoms with E-state index in [-0.39, 0.29) is 0 Å². The predicted molar refractivity (Wildman–Crippen MR) is 73.1 cm³/mol. The number of halogens is 1. The van der Waals surface area contributed by atoms with E-state index in [0.717, 1.165) is 0 Å². The molecule has 18 heavy (non-hydrogen) atoms. The molecule has 1 aromatic carbocycles. The SMILES string of the molecule is CCC(C(N)=O)N(CC)c1cccc(Cl)c1C=O. The van der Waals surface area contributed by atoms with E-state index in [4.69, 9.17) is 17.3 Å². The number of hydrogen-bond acceptors (Lipinski definition) is 3. The van der Waals surface area contributed by atoms with Crippen molar-refractivity contribution in [3.63, 3.8) is 0 Å². The predicted octanol–water partition coefficient (Wildman–Crippen LogP) is 2.24. The number of hydrogen-bond donors (Lipinski definition) is 1. The molecule has 0 fully saturated rings. The zero-order chi connectivity index (χ0) is 13.7. The monoisotopic (exact) mass is 268 g/mol. The average molecular weight is 269 g/mol. The van der Waals surface area contributed by atoms with Crippen LogP contribution in [0.15, 0.2) is 18.2 Å². The molecule has 0 aromatic heterocycles. The molecule has 0 saturated heterocycles. The number of amides is 1. The third kappa shape index (κ3) is 2.82. The Morgan fingerprint density at radius 3 is 2.61 bits per heavy atom. The van der Waals surface area contributed by atoms with Gasteiger partial charge in [0.2, 0.25) is 5.91 Å². The minimum absolute atomic E-state index is 0.375. The maximum absolute atomic E-state index is 11.4. The van der Waals surface area contributed by atoms with Crippen molar-refractivity contribution in [3.05, 3.63) is 28.8 Å². The molecule has 1 amide bonds. The van der Waals surface area contributed by atoms with Crippen LogP contribution >= 0.6 is 11.6 Å². The Morgan fingerprint density at radius 2 is 2.17 bits per heavy atom. The number of primary amides is 1. The Labute approximate surface area is 112 Å². The van der Waals surface area contributed by atoms with Crippen molar-refractivity contribution < 1.29 is 9.59 Å². The highest BCUT2D eigenvalue weighted by Crippen LogP contribution is 2.27. The van der Waals surface area contributed by atoms with Gasteiger partial charge in [0.25, 0.3) is 0 Å². The summed E-state index contributed by atoms with van der Waals surface area (Å²) in [6.07, 6.45) is 1.28. The molecule has 1 atom stereocenters. The molecule has 0 spiro atoms. The molecular formula is C13H17ClN2O2. The molecule has 98 valence electrons. The normalized spacial score (nSPS) is 11.9. The topological polar surface area (TPSA) is 63.4 Å². The first-order valence-corrected chi connectivity index (χ1v) is 6.24. The smallest absolute Gasteiger partial charge is 0.240 e. The summed E-state index contributed by atoms with van der Waals surface area (Å²) in [7, 11) is 0. The molecule has 0 aliphatic heterocycles. The lowest BCUT2D eigenvalue weighted by molar-refractivity contribution is -0.119. The van der Waals surface area contributed by atoms with Crippen LogP contribution in [-0.2, 0) is 4.79 Å². The second kappa shape index (κ2) is 6.40. The van der Waals surface area contributed by atoms with Crippen LogP contribution in [0, 0.1) is 0 Å². The number of nitrogens with zero attached hydrogens (tertiary/aromatic N) is 1. The Bertz CT molecular complexity index is 449. The summed E-state index contributed by atoms with van der Waals surface area (Å²) in [5.41, 5.74) is 6.42. The molecule has 0 heterocycles. The van der Waals surface area contributed by atoms with Gasteiger partial charge in [-0.1, -0.05) is 24.6 Å². The highest BCUT2D eigenvalue weighted by atomic mass is 35.5. The summed E-state index contributed by atoms with van der Waals surface area (Å²) in [6, 6.07) is 4.73. The average Bonchev–Trinajstić information content (AvgIpc) is 2.35. The van der Waals surface area contributed by atoms with Crippen molar-refractivity contribution >= 4 is 29.5 Å². The van der Waals surface area contributed by atoms with Crippen LogP contribution in [0.3, 0.4) is 0 Å². The lowest BCUT2D eigenvalue weighted by Crippen LogP contribution is -2.44. The van der Waals surface area contributed by atoms with Crippen molar-refractivity contribution in [2.45, 2.75) is 26.3 Å². The molecule has 1 aromatic rings.